The molecule has 0 aliphatic carbocycles. The van der Waals surface area contributed by atoms with Crippen molar-refractivity contribution >= 4 is 29.1 Å². The third kappa shape index (κ3) is 4.55. The number of carbonyl (C=O) groups is 1. The summed E-state index contributed by atoms with van der Waals surface area (Å²) >= 11 is 12.3. The molecule has 0 aliphatic rings. The number of hydrogen-bond donors (Lipinski definition) is 0. The Labute approximate surface area is 154 Å². The van der Waals surface area contributed by atoms with Gasteiger partial charge in [-0.2, -0.15) is 0 Å². The van der Waals surface area contributed by atoms with Crippen LogP contribution in [0, 0.1) is 0 Å². The highest BCUT2D eigenvalue weighted by molar-refractivity contribution is 6.31. The second-order valence-electron chi connectivity index (χ2n) is 6.06. The van der Waals surface area contributed by atoms with Crippen LogP contribution < -0.4 is 0 Å². The van der Waals surface area contributed by atoms with Gasteiger partial charge in [-0.3, -0.25) is 4.79 Å². The molecule has 2 aromatic rings. The zero-order valence-electron chi connectivity index (χ0n) is 14.4. The average molecular weight is 367 g/mol. The van der Waals surface area contributed by atoms with Crippen LogP contribution in [0.3, 0.4) is 0 Å². The first-order chi connectivity index (χ1) is 11.4. The summed E-state index contributed by atoms with van der Waals surface area (Å²) < 4.78 is 2.13. The lowest BCUT2D eigenvalue weighted by molar-refractivity contribution is -0.133. The molecular weight excluding hydrogens is 343 g/mol. The predicted molar refractivity (Wildman–Crippen MR) is 101 cm³/mol. The minimum absolute atomic E-state index is 0.0310. The molecule has 0 spiro atoms. The summed E-state index contributed by atoms with van der Waals surface area (Å²) in [4.78, 5) is 14.3. The minimum atomic E-state index is -0.522. The summed E-state index contributed by atoms with van der Waals surface area (Å²) in [5, 5.41) is 0.229. The number of nitrogens with zero attached hydrogens (tertiary/aromatic N) is 2. The number of hydrogen-bond acceptors (Lipinski definition) is 1. The Hall–Kier alpha value is -1.45. The van der Waals surface area contributed by atoms with Crippen LogP contribution in [0.4, 0.5) is 0 Å². The highest BCUT2D eigenvalue weighted by atomic mass is 35.5. The lowest BCUT2D eigenvalue weighted by atomic mass is 10.2. The van der Waals surface area contributed by atoms with E-state index in [9.17, 15) is 4.79 Å². The van der Waals surface area contributed by atoms with Gasteiger partial charge in [-0.15, -0.1) is 11.6 Å². The fourth-order valence-corrected chi connectivity index (χ4v) is 2.95. The van der Waals surface area contributed by atoms with E-state index in [1.54, 1.807) is 6.92 Å². The van der Waals surface area contributed by atoms with Gasteiger partial charge in [-0.05, 0) is 44.0 Å². The maximum atomic E-state index is 12.5. The zero-order valence-corrected chi connectivity index (χ0v) is 15.9. The van der Waals surface area contributed by atoms with Crippen molar-refractivity contribution in [1.29, 1.82) is 0 Å². The van der Waals surface area contributed by atoms with Gasteiger partial charge < -0.3 is 9.47 Å². The van der Waals surface area contributed by atoms with E-state index >= 15 is 0 Å². The van der Waals surface area contributed by atoms with E-state index in [0.717, 1.165) is 22.7 Å². The third-order valence-corrected chi connectivity index (χ3v) is 4.86. The molecule has 1 aromatic carbocycles. The standard InChI is InChI=1S/C19H24Cl2N2O/c1-4-14(2)23(19(24)15(3)20)13-17-9-7-11-22(17)12-16-8-5-6-10-18(16)21/h5-11,14-15H,4,12-13H2,1-3H3/t14-,15+/m1/s1. The van der Waals surface area contributed by atoms with Gasteiger partial charge in [-0.25, -0.2) is 0 Å². The van der Waals surface area contributed by atoms with Gasteiger partial charge >= 0.3 is 0 Å². The normalized spacial score (nSPS) is 13.5. The van der Waals surface area contributed by atoms with E-state index in [-0.39, 0.29) is 11.9 Å². The molecule has 0 N–H and O–H groups in total. The minimum Gasteiger partial charge on any atom is -0.345 e. The maximum Gasteiger partial charge on any atom is 0.240 e. The van der Waals surface area contributed by atoms with E-state index in [0.29, 0.717) is 13.1 Å². The van der Waals surface area contributed by atoms with Crippen molar-refractivity contribution in [3.8, 4) is 0 Å². The molecule has 3 nitrogen and oxygen atoms in total. The van der Waals surface area contributed by atoms with Crippen LogP contribution in [0.15, 0.2) is 42.6 Å². The van der Waals surface area contributed by atoms with Crippen molar-refractivity contribution in [3.05, 3.63) is 58.9 Å². The van der Waals surface area contributed by atoms with Gasteiger partial charge in [0.2, 0.25) is 5.91 Å². The highest BCUT2D eigenvalue weighted by Crippen LogP contribution is 2.19. The molecule has 0 aliphatic heterocycles. The first-order valence-corrected chi connectivity index (χ1v) is 9.07. The molecule has 1 aromatic heterocycles. The first kappa shape index (κ1) is 18.9. The van der Waals surface area contributed by atoms with Gasteiger partial charge in [0, 0.05) is 29.5 Å². The lowest BCUT2D eigenvalue weighted by Crippen LogP contribution is -2.41. The van der Waals surface area contributed by atoms with Crippen LogP contribution >= 0.6 is 23.2 Å². The molecular formula is C19H24Cl2N2O. The van der Waals surface area contributed by atoms with Gasteiger partial charge in [-0.1, -0.05) is 36.7 Å². The SMILES string of the molecule is CC[C@@H](C)N(Cc1cccn1Cc1ccccc1Cl)C(=O)[C@H](C)Cl. The van der Waals surface area contributed by atoms with Gasteiger partial charge in [0.15, 0.2) is 0 Å². The van der Waals surface area contributed by atoms with E-state index in [1.165, 1.54) is 0 Å². The molecule has 0 fully saturated rings. The summed E-state index contributed by atoms with van der Waals surface area (Å²) in [7, 11) is 0. The van der Waals surface area contributed by atoms with Crippen LogP contribution in [0.25, 0.3) is 0 Å². The second-order valence-corrected chi connectivity index (χ2v) is 7.12. The molecule has 0 saturated carbocycles. The number of alkyl halides is 1. The molecule has 2 rings (SSSR count). The summed E-state index contributed by atoms with van der Waals surface area (Å²) in [5.41, 5.74) is 2.13. The Kier molecular flexibility index (Phi) is 6.76. The quantitative estimate of drug-likeness (QED) is 0.636. The Bertz CT molecular complexity index is 682. The van der Waals surface area contributed by atoms with Crippen molar-refractivity contribution in [2.45, 2.75) is 51.7 Å². The van der Waals surface area contributed by atoms with Crippen molar-refractivity contribution in [2.24, 2.45) is 0 Å². The largest absolute Gasteiger partial charge is 0.345 e. The molecule has 0 bridgehead atoms. The van der Waals surface area contributed by atoms with Crippen molar-refractivity contribution < 1.29 is 4.79 Å². The molecule has 130 valence electrons. The number of amides is 1. The van der Waals surface area contributed by atoms with Crippen molar-refractivity contribution in [1.82, 2.24) is 9.47 Å². The predicted octanol–water partition coefficient (Wildman–Crippen LogP) is 4.94. The third-order valence-electron chi connectivity index (χ3n) is 4.30. The molecule has 1 amide bonds. The Morgan fingerprint density at radius 2 is 1.92 bits per heavy atom. The van der Waals surface area contributed by atoms with Crippen LogP contribution in [0.2, 0.25) is 5.02 Å². The number of aromatic nitrogens is 1. The number of carbonyl (C=O) groups excluding carboxylic acids is 1. The molecule has 0 saturated heterocycles. The van der Waals surface area contributed by atoms with E-state index < -0.39 is 5.38 Å². The number of rotatable bonds is 7. The van der Waals surface area contributed by atoms with Crippen molar-refractivity contribution in [2.75, 3.05) is 0 Å². The molecule has 5 heteroatoms. The van der Waals surface area contributed by atoms with Crippen LogP contribution in [-0.2, 0) is 17.9 Å². The Balaban J connectivity index is 2.22. The molecule has 0 radical (unpaired) electrons. The van der Waals surface area contributed by atoms with Crippen LogP contribution in [0.1, 0.15) is 38.4 Å². The number of benzene rings is 1. The maximum absolute atomic E-state index is 12.5. The van der Waals surface area contributed by atoms with Gasteiger partial charge in [0.05, 0.1) is 6.54 Å². The monoisotopic (exact) mass is 366 g/mol. The van der Waals surface area contributed by atoms with Gasteiger partial charge in [0.1, 0.15) is 5.38 Å². The summed E-state index contributed by atoms with van der Waals surface area (Å²) in [6.45, 7) is 7.08. The van der Waals surface area contributed by atoms with Gasteiger partial charge in [0.25, 0.3) is 0 Å². The fraction of sp³-hybridized carbons (Fsp3) is 0.421. The summed E-state index contributed by atoms with van der Waals surface area (Å²) in [6, 6.07) is 12.0. The summed E-state index contributed by atoms with van der Waals surface area (Å²) in [5.74, 6) is -0.0310. The highest BCUT2D eigenvalue weighted by Gasteiger charge is 2.23. The molecule has 2 atom stereocenters. The Morgan fingerprint density at radius 3 is 2.54 bits per heavy atom. The fourth-order valence-electron chi connectivity index (χ4n) is 2.63. The van der Waals surface area contributed by atoms with E-state index in [2.05, 4.69) is 18.4 Å². The van der Waals surface area contributed by atoms with Crippen LogP contribution in [0.5, 0.6) is 0 Å². The average Bonchev–Trinajstić information content (AvgIpc) is 3.00. The lowest BCUT2D eigenvalue weighted by Gasteiger charge is -2.30. The van der Waals surface area contributed by atoms with E-state index in [1.807, 2.05) is 47.5 Å². The number of halogens is 2. The Morgan fingerprint density at radius 1 is 1.21 bits per heavy atom. The van der Waals surface area contributed by atoms with E-state index in [4.69, 9.17) is 23.2 Å². The summed E-state index contributed by atoms with van der Waals surface area (Å²) in [6.07, 6.45) is 2.91. The topological polar surface area (TPSA) is 25.2 Å². The smallest absolute Gasteiger partial charge is 0.240 e. The second kappa shape index (κ2) is 8.59. The van der Waals surface area contributed by atoms with Crippen molar-refractivity contribution in [3.63, 3.8) is 0 Å². The molecule has 24 heavy (non-hydrogen) atoms. The zero-order chi connectivity index (χ0) is 17.7. The molecule has 0 unspecified atom stereocenters. The van der Waals surface area contributed by atoms with Crippen LogP contribution in [-0.4, -0.2) is 26.8 Å². The molecule has 1 heterocycles. The first-order valence-electron chi connectivity index (χ1n) is 8.26.